The molecule has 2 rings (SSSR count). The fourth-order valence-electron chi connectivity index (χ4n) is 1.29. The Bertz CT molecular complexity index is 651. The van der Waals surface area contributed by atoms with Crippen LogP contribution < -0.4 is 16.2 Å². The number of carbonyl (C=O) groups is 1. The highest BCUT2D eigenvalue weighted by atomic mass is 35.5. The molecule has 0 bridgehead atoms. The molecular weight excluding hydrogens is 272 g/mol. The summed E-state index contributed by atoms with van der Waals surface area (Å²) in [5.74, 6) is 0.0487. The number of H-pyrrole nitrogens is 1. The minimum atomic E-state index is -0.628. The molecule has 0 aliphatic rings. The first-order valence-corrected chi connectivity index (χ1v) is 5.54. The van der Waals surface area contributed by atoms with Gasteiger partial charge in [0.1, 0.15) is 5.75 Å². The molecule has 0 aliphatic heterocycles. The lowest BCUT2D eigenvalue weighted by molar-refractivity contribution is 0.262. The minimum absolute atomic E-state index is 0.117. The van der Waals surface area contributed by atoms with Gasteiger partial charge < -0.3 is 10.4 Å². The summed E-state index contributed by atoms with van der Waals surface area (Å²) in [6.45, 7) is 0. The third kappa shape index (κ3) is 3.46. The number of nitrogens with zero attached hydrogens (tertiary/aromatic N) is 1. The summed E-state index contributed by atoms with van der Waals surface area (Å²) in [5, 5.41) is 20.4. The van der Waals surface area contributed by atoms with Crippen molar-refractivity contribution in [2.24, 2.45) is 0 Å². The maximum atomic E-state index is 11.6. The number of halogens is 1. The molecule has 4 N–H and O–H groups in total. The standard InChI is InChI=1S/C11H9ClN4O3/c12-6-1-2-8(17)7(5-6)13-11(19)14-9-3-4-10(18)16-15-9/h1-5,17H,(H,16,18)(H2,13,14,15,19). The maximum absolute atomic E-state index is 11.6. The number of benzene rings is 1. The number of urea groups is 1. The summed E-state index contributed by atoms with van der Waals surface area (Å²) < 4.78 is 0. The molecule has 1 heterocycles. The number of aromatic hydroxyl groups is 1. The molecule has 2 aromatic rings. The van der Waals surface area contributed by atoms with Gasteiger partial charge >= 0.3 is 6.03 Å². The van der Waals surface area contributed by atoms with Gasteiger partial charge in [0, 0.05) is 11.1 Å². The van der Waals surface area contributed by atoms with Gasteiger partial charge in [-0.05, 0) is 24.3 Å². The number of hydrogen-bond donors (Lipinski definition) is 4. The second-order valence-electron chi connectivity index (χ2n) is 3.55. The SMILES string of the molecule is O=C(Nc1ccc(=O)[nH]n1)Nc1cc(Cl)ccc1O. The van der Waals surface area contributed by atoms with Crippen molar-refractivity contribution in [2.75, 3.05) is 10.6 Å². The molecule has 2 amide bonds. The van der Waals surface area contributed by atoms with Crippen LogP contribution in [0.1, 0.15) is 0 Å². The zero-order chi connectivity index (χ0) is 13.8. The minimum Gasteiger partial charge on any atom is -0.506 e. The van der Waals surface area contributed by atoms with E-state index in [-0.39, 0.29) is 22.8 Å². The molecule has 0 saturated carbocycles. The van der Waals surface area contributed by atoms with Gasteiger partial charge in [0.05, 0.1) is 5.69 Å². The summed E-state index contributed by atoms with van der Waals surface area (Å²) in [4.78, 5) is 22.4. The van der Waals surface area contributed by atoms with Crippen molar-refractivity contribution in [2.45, 2.75) is 0 Å². The molecule has 0 radical (unpaired) electrons. The molecule has 19 heavy (non-hydrogen) atoms. The number of anilines is 2. The summed E-state index contributed by atoms with van der Waals surface area (Å²) in [6, 6.07) is 6.18. The molecule has 1 aromatic carbocycles. The Morgan fingerprint density at radius 1 is 1.26 bits per heavy atom. The molecule has 0 unspecified atom stereocenters. The predicted molar refractivity (Wildman–Crippen MR) is 70.6 cm³/mol. The van der Waals surface area contributed by atoms with Crippen molar-refractivity contribution >= 4 is 29.1 Å². The molecule has 0 saturated heterocycles. The normalized spacial score (nSPS) is 9.95. The van der Waals surface area contributed by atoms with Crippen molar-refractivity contribution in [3.63, 3.8) is 0 Å². The van der Waals surface area contributed by atoms with E-state index in [0.717, 1.165) is 0 Å². The predicted octanol–water partition coefficient (Wildman–Crippen LogP) is 1.77. The van der Waals surface area contributed by atoms with Crippen molar-refractivity contribution in [3.8, 4) is 5.75 Å². The number of aromatic nitrogens is 2. The summed E-state index contributed by atoms with van der Waals surface area (Å²) in [5.41, 5.74) is -0.215. The molecule has 0 spiro atoms. The first-order chi connectivity index (χ1) is 9.04. The zero-order valence-electron chi connectivity index (χ0n) is 9.48. The number of phenolic OH excluding ortho intramolecular Hbond substituents is 1. The Morgan fingerprint density at radius 3 is 2.74 bits per heavy atom. The highest BCUT2D eigenvalue weighted by Gasteiger charge is 2.07. The Labute approximate surface area is 112 Å². The van der Waals surface area contributed by atoms with Crippen LogP contribution in [-0.2, 0) is 0 Å². The average Bonchev–Trinajstić information content (AvgIpc) is 2.37. The average molecular weight is 281 g/mol. The van der Waals surface area contributed by atoms with E-state index in [4.69, 9.17) is 11.6 Å². The largest absolute Gasteiger partial charge is 0.506 e. The van der Waals surface area contributed by atoms with Gasteiger partial charge in [-0.25, -0.2) is 9.89 Å². The topological polar surface area (TPSA) is 107 Å². The third-order valence-electron chi connectivity index (χ3n) is 2.13. The first-order valence-electron chi connectivity index (χ1n) is 5.17. The van der Waals surface area contributed by atoms with Gasteiger partial charge in [-0.1, -0.05) is 11.6 Å². The van der Waals surface area contributed by atoms with Crippen molar-refractivity contribution < 1.29 is 9.90 Å². The fraction of sp³-hybridized carbons (Fsp3) is 0. The molecule has 98 valence electrons. The number of carbonyl (C=O) groups excluding carboxylic acids is 1. The lowest BCUT2D eigenvalue weighted by Crippen LogP contribution is -2.21. The monoisotopic (exact) mass is 280 g/mol. The number of aromatic amines is 1. The van der Waals surface area contributed by atoms with Gasteiger partial charge in [-0.15, -0.1) is 0 Å². The van der Waals surface area contributed by atoms with Crippen LogP contribution in [0.3, 0.4) is 0 Å². The van der Waals surface area contributed by atoms with Crippen LogP contribution in [0.5, 0.6) is 5.75 Å². The van der Waals surface area contributed by atoms with Gasteiger partial charge in [0.2, 0.25) is 0 Å². The van der Waals surface area contributed by atoms with Crippen LogP contribution in [-0.4, -0.2) is 21.3 Å². The molecule has 0 atom stereocenters. The Morgan fingerprint density at radius 2 is 2.05 bits per heavy atom. The van der Waals surface area contributed by atoms with Gasteiger partial charge in [-0.3, -0.25) is 10.1 Å². The van der Waals surface area contributed by atoms with E-state index < -0.39 is 6.03 Å². The number of amides is 2. The number of rotatable bonds is 2. The van der Waals surface area contributed by atoms with Gasteiger partial charge in [0.25, 0.3) is 5.56 Å². The van der Waals surface area contributed by atoms with Crippen LogP contribution in [0.15, 0.2) is 35.1 Å². The van der Waals surface area contributed by atoms with Crippen LogP contribution in [0, 0.1) is 0 Å². The molecule has 8 heteroatoms. The van der Waals surface area contributed by atoms with Crippen molar-refractivity contribution in [1.82, 2.24) is 10.2 Å². The summed E-state index contributed by atoms with van der Waals surface area (Å²) in [7, 11) is 0. The van der Waals surface area contributed by atoms with E-state index in [1.165, 1.54) is 30.3 Å². The molecule has 7 nitrogen and oxygen atoms in total. The first kappa shape index (κ1) is 12.9. The molecular formula is C11H9ClN4O3. The van der Waals surface area contributed by atoms with Crippen LogP contribution in [0.2, 0.25) is 5.02 Å². The van der Waals surface area contributed by atoms with Crippen molar-refractivity contribution in [1.29, 1.82) is 0 Å². The smallest absolute Gasteiger partial charge is 0.325 e. The van der Waals surface area contributed by atoms with E-state index in [1.807, 2.05) is 0 Å². The summed E-state index contributed by atoms with van der Waals surface area (Å²) in [6.07, 6.45) is 0. The quantitative estimate of drug-likeness (QED) is 0.629. The highest BCUT2D eigenvalue weighted by Crippen LogP contribution is 2.26. The Hall–Kier alpha value is -2.54. The van der Waals surface area contributed by atoms with E-state index in [1.54, 1.807) is 0 Å². The van der Waals surface area contributed by atoms with Crippen molar-refractivity contribution in [3.05, 3.63) is 45.7 Å². The van der Waals surface area contributed by atoms with Gasteiger partial charge in [0.15, 0.2) is 5.82 Å². The number of hydrogen-bond acceptors (Lipinski definition) is 4. The molecule has 0 aliphatic carbocycles. The van der Waals surface area contributed by atoms with Crippen LogP contribution in [0.25, 0.3) is 0 Å². The fourth-order valence-corrected chi connectivity index (χ4v) is 1.46. The van der Waals surface area contributed by atoms with E-state index in [9.17, 15) is 14.7 Å². The van der Waals surface area contributed by atoms with Crippen LogP contribution >= 0.6 is 11.6 Å². The third-order valence-corrected chi connectivity index (χ3v) is 2.36. The number of phenols is 1. The second kappa shape index (κ2) is 5.40. The zero-order valence-corrected chi connectivity index (χ0v) is 10.2. The molecule has 1 aromatic heterocycles. The molecule has 0 fully saturated rings. The maximum Gasteiger partial charge on any atom is 0.325 e. The van der Waals surface area contributed by atoms with Crippen LogP contribution in [0.4, 0.5) is 16.3 Å². The van der Waals surface area contributed by atoms with E-state index in [2.05, 4.69) is 20.8 Å². The second-order valence-corrected chi connectivity index (χ2v) is 3.98. The lowest BCUT2D eigenvalue weighted by atomic mass is 10.3. The highest BCUT2D eigenvalue weighted by molar-refractivity contribution is 6.31. The summed E-state index contributed by atoms with van der Waals surface area (Å²) >= 11 is 5.74. The Kier molecular flexibility index (Phi) is 3.67. The van der Waals surface area contributed by atoms with E-state index >= 15 is 0 Å². The lowest BCUT2D eigenvalue weighted by Gasteiger charge is -2.08. The van der Waals surface area contributed by atoms with Gasteiger partial charge in [-0.2, -0.15) is 5.10 Å². The van der Waals surface area contributed by atoms with E-state index in [0.29, 0.717) is 5.02 Å². The number of nitrogens with one attached hydrogen (secondary N) is 3. The Balaban J connectivity index is 2.07.